The normalized spacial score (nSPS) is 16.6. The summed E-state index contributed by atoms with van der Waals surface area (Å²) in [5.74, 6) is -0.388. The minimum atomic E-state index is -0.265. The van der Waals surface area contributed by atoms with Crippen LogP contribution in [-0.2, 0) is 16.6 Å². The highest BCUT2D eigenvalue weighted by molar-refractivity contribution is 5.92. The summed E-state index contributed by atoms with van der Waals surface area (Å²) in [4.78, 5) is 25.0. The quantitative estimate of drug-likeness (QED) is 0.835. The number of piperidine rings is 1. The lowest BCUT2D eigenvalue weighted by Gasteiger charge is -2.29. The Kier molecular flexibility index (Phi) is 4.45. The topological polar surface area (TPSA) is 81.2 Å². The molecule has 0 atom stereocenters. The highest BCUT2D eigenvalue weighted by Crippen LogP contribution is 2.18. The summed E-state index contributed by atoms with van der Waals surface area (Å²) in [5, 5.41) is 4.32. The SMILES string of the molecule is Cc1nn(C)c(C)c1C=CC(=O)N1CCC(C(N)=O)CC1. The summed E-state index contributed by atoms with van der Waals surface area (Å²) in [6.07, 6.45) is 4.71. The number of nitrogens with zero attached hydrogens (tertiary/aromatic N) is 3. The van der Waals surface area contributed by atoms with E-state index in [0.29, 0.717) is 25.9 Å². The number of primary amides is 1. The Morgan fingerprint density at radius 1 is 1.29 bits per heavy atom. The summed E-state index contributed by atoms with van der Waals surface area (Å²) in [6.45, 7) is 5.07. The Bertz CT molecular complexity index is 581. The predicted molar refractivity (Wildman–Crippen MR) is 80.2 cm³/mol. The summed E-state index contributed by atoms with van der Waals surface area (Å²) in [5.41, 5.74) is 8.22. The maximum atomic E-state index is 12.2. The van der Waals surface area contributed by atoms with Crippen molar-refractivity contribution >= 4 is 17.9 Å². The summed E-state index contributed by atoms with van der Waals surface area (Å²) in [7, 11) is 1.89. The Hall–Kier alpha value is -2.11. The van der Waals surface area contributed by atoms with Crippen molar-refractivity contribution in [3.05, 3.63) is 23.0 Å². The van der Waals surface area contributed by atoms with E-state index >= 15 is 0 Å². The van der Waals surface area contributed by atoms with Crippen molar-refractivity contribution < 1.29 is 9.59 Å². The van der Waals surface area contributed by atoms with Crippen LogP contribution in [0, 0.1) is 19.8 Å². The van der Waals surface area contributed by atoms with Crippen molar-refractivity contribution in [3.63, 3.8) is 0 Å². The lowest BCUT2D eigenvalue weighted by atomic mass is 9.96. The average molecular weight is 290 g/mol. The molecule has 0 saturated carbocycles. The van der Waals surface area contributed by atoms with Gasteiger partial charge in [0.2, 0.25) is 11.8 Å². The number of carbonyl (C=O) groups is 2. The van der Waals surface area contributed by atoms with Gasteiger partial charge in [-0.2, -0.15) is 5.10 Å². The van der Waals surface area contributed by atoms with Crippen LogP contribution in [0.25, 0.3) is 6.08 Å². The highest BCUT2D eigenvalue weighted by Gasteiger charge is 2.24. The third-order valence-corrected chi connectivity index (χ3v) is 4.17. The first-order chi connectivity index (χ1) is 9.90. The van der Waals surface area contributed by atoms with Crippen LogP contribution < -0.4 is 5.73 Å². The van der Waals surface area contributed by atoms with Gasteiger partial charge in [-0.05, 0) is 32.8 Å². The number of nitrogens with two attached hydrogens (primary N) is 1. The molecule has 1 aromatic rings. The maximum Gasteiger partial charge on any atom is 0.246 e. The van der Waals surface area contributed by atoms with Crippen LogP contribution in [0.3, 0.4) is 0 Å². The molecule has 0 aromatic carbocycles. The van der Waals surface area contributed by atoms with Crippen LogP contribution in [0.15, 0.2) is 6.08 Å². The molecule has 0 radical (unpaired) electrons. The second-order valence-electron chi connectivity index (χ2n) is 5.54. The minimum absolute atomic E-state index is 0.0272. The number of aromatic nitrogens is 2. The summed E-state index contributed by atoms with van der Waals surface area (Å²) < 4.78 is 1.80. The number of hydrogen-bond acceptors (Lipinski definition) is 3. The van der Waals surface area contributed by atoms with Gasteiger partial charge in [-0.1, -0.05) is 0 Å². The molecule has 1 aliphatic rings. The van der Waals surface area contributed by atoms with E-state index in [-0.39, 0.29) is 17.7 Å². The van der Waals surface area contributed by atoms with E-state index < -0.39 is 0 Å². The lowest BCUT2D eigenvalue weighted by Crippen LogP contribution is -2.41. The smallest absolute Gasteiger partial charge is 0.246 e. The summed E-state index contributed by atoms with van der Waals surface area (Å²) >= 11 is 0. The van der Waals surface area contributed by atoms with Gasteiger partial charge in [0.25, 0.3) is 0 Å². The molecular formula is C15H22N4O2. The molecule has 1 fully saturated rings. The van der Waals surface area contributed by atoms with Crippen molar-refractivity contribution in [1.82, 2.24) is 14.7 Å². The Labute approximate surface area is 124 Å². The van der Waals surface area contributed by atoms with E-state index in [2.05, 4.69) is 5.10 Å². The van der Waals surface area contributed by atoms with Gasteiger partial charge >= 0.3 is 0 Å². The first-order valence-corrected chi connectivity index (χ1v) is 7.16. The molecule has 0 aliphatic carbocycles. The van der Waals surface area contributed by atoms with Crippen molar-refractivity contribution in [3.8, 4) is 0 Å². The molecular weight excluding hydrogens is 268 g/mol. The third kappa shape index (κ3) is 3.32. The van der Waals surface area contributed by atoms with Crippen LogP contribution in [0.1, 0.15) is 29.8 Å². The van der Waals surface area contributed by atoms with E-state index in [0.717, 1.165) is 17.0 Å². The van der Waals surface area contributed by atoms with E-state index in [1.807, 2.05) is 27.0 Å². The number of hydrogen-bond donors (Lipinski definition) is 1. The molecule has 1 aliphatic heterocycles. The van der Waals surface area contributed by atoms with Gasteiger partial charge in [-0.3, -0.25) is 14.3 Å². The zero-order valence-corrected chi connectivity index (χ0v) is 12.8. The molecule has 2 heterocycles. The number of carbonyl (C=O) groups excluding carboxylic acids is 2. The minimum Gasteiger partial charge on any atom is -0.369 e. The molecule has 6 nitrogen and oxygen atoms in total. The fourth-order valence-electron chi connectivity index (χ4n) is 2.68. The van der Waals surface area contributed by atoms with Gasteiger partial charge in [0, 0.05) is 43.4 Å². The second kappa shape index (κ2) is 6.11. The van der Waals surface area contributed by atoms with E-state index in [9.17, 15) is 9.59 Å². The highest BCUT2D eigenvalue weighted by atomic mass is 16.2. The Morgan fingerprint density at radius 2 is 1.90 bits per heavy atom. The van der Waals surface area contributed by atoms with Crippen molar-refractivity contribution in [2.75, 3.05) is 13.1 Å². The van der Waals surface area contributed by atoms with Crippen LogP contribution in [0.2, 0.25) is 0 Å². The Balaban J connectivity index is 1.99. The summed E-state index contributed by atoms with van der Waals surface area (Å²) in [6, 6.07) is 0. The lowest BCUT2D eigenvalue weighted by molar-refractivity contribution is -0.130. The van der Waals surface area contributed by atoms with Gasteiger partial charge in [-0.15, -0.1) is 0 Å². The van der Waals surface area contributed by atoms with Gasteiger partial charge in [-0.25, -0.2) is 0 Å². The van der Waals surface area contributed by atoms with E-state index in [1.165, 1.54) is 0 Å². The zero-order chi connectivity index (χ0) is 15.6. The van der Waals surface area contributed by atoms with Crippen LogP contribution in [0.5, 0.6) is 0 Å². The number of rotatable bonds is 3. The van der Waals surface area contributed by atoms with E-state index in [1.54, 1.807) is 15.7 Å². The monoisotopic (exact) mass is 290 g/mol. The zero-order valence-electron chi connectivity index (χ0n) is 12.8. The van der Waals surface area contributed by atoms with E-state index in [4.69, 9.17) is 5.73 Å². The Morgan fingerprint density at radius 3 is 2.38 bits per heavy atom. The van der Waals surface area contributed by atoms with Gasteiger partial charge < -0.3 is 10.6 Å². The molecule has 0 spiro atoms. The van der Waals surface area contributed by atoms with Gasteiger partial charge in [0.05, 0.1) is 5.69 Å². The molecule has 2 amide bonds. The molecule has 1 aromatic heterocycles. The third-order valence-electron chi connectivity index (χ3n) is 4.17. The molecule has 114 valence electrons. The van der Waals surface area contributed by atoms with Gasteiger partial charge in [0.1, 0.15) is 0 Å². The largest absolute Gasteiger partial charge is 0.369 e. The van der Waals surface area contributed by atoms with Crippen LogP contribution in [0.4, 0.5) is 0 Å². The molecule has 21 heavy (non-hydrogen) atoms. The number of likely N-dealkylation sites (tertiary alicyclic amines) is 1. The average Bonchev–Trinajstić information content (AvgIpc) is 2.70. The maximum absolute atomic E-state index is 12.2. The van der Waals surface area contributed by atoms with Crippen molar-refractivity contribution in [2.45, 2.75) is 26.7 Å². The molecule has 0 unspecified atom stereocenters. The van der Waals surface area contributed by atoms with Crippen molar-refractivity contribution in [2.24, 2.45) is 18.7 Å². The molecule has 2 N–H and O–H groups in total. The second-order valence-corrected chi connectivity index (χ2v) is 5.54. The fraction of sp³-hybridized carbons (Fsp3) is 0.533. The first-order valence-electron chi connectivity index (χ1n) is 7.16. The van der Waals surface area contributed by atoms with Gasteiger partial charge in [0.15, 0.2) is 0 Å². The van der Waals surface area contributed by atoms with Crippen LogP contribution in [-0.4, -0.2) is 39.6 Å². The first kappa shape index (κ1) is 15.3. The van der Waals surface area contributed by atoms with Crippen LogP contribution >= 0.6 is 0 Å². The number of amides is 2. The molecule has 0 bridgehead atoms. The molecule has 1 saturated heterocycles. The predicted octanol–water partition coefficient (Wildman–Crippen LogP) is 0.774. The fourth-order valence-corrected chi connectivity index (χ4v) is 2.68. The molecule has 2 rings (SSSR count). The van der Waals surface area contributed by atoms with Crippen molar-refractivity contribution in [1.29, 1.82) is 0 Å². The number of aryl methyl sites for hydroxylation is 2. The standard InChI is InChI=1S/C15H22N4O2/c1-10-13(11(2)18(3)17-10)4-5-14(20)19-8-6-12(7-9-19)15(16)21/h4-5,12H,6-9H2,1-3H3,(H2,16,21). The molecule has 6 heteroatoms.